The van der Waals surface area contributed by atoms with Crippen molar-refractivity contribution in [3.8, 4) is 11.5 Å². The molecule has 2 aromatic rings. The zero-order valence-electron chi connectivity index (χ0n) is 16.0. The topological polar surface area (TPSA) is 52.6 Å². The van der Waals surface area contributed by atoms with Gasteiger partial charge >= 0.3 is 0 Å². The molecule has 4 nitrogen and oxygen atoms in total. The van der Waals surface area contributed by atoms with Crippen LogP contribution in [0.25, 0.3) is 11.6 Å². The highest BCUT2D eigenvalue weighted by atomic mass is 35.5. The highest BCUT2D eigenvalue weighted by molar-refractivity contribution is 6.33. The molecule has 2 aromatic carbocycles. The van der Waals surface area contributed by atoms with Gasteiger partial charge in [0.15, 0.2) is 0 Å². The summed E-state index contributed by atoms with van der Waals surface area (Å²) in [7, 11) is 0. The first-order valence-electron chi connectivity index (χ1n) is 9.10. The maximum Gasteiger partial charge on any atom is 0.245 e. The summed E-state index contributed by atoms with van der Waals surface area (Å²) in [6, 6.07) is 5.64. The fourth-order valence-electron chi connectivity index (χ4n) is 2.77. The summed E-state index contributed by atoms with van der Waals surface area (Å²) in [5.41, 5.74) is 0.419. The quantitative estimate of drug-likeness (QED) is 0.537. The normalized spacial score (nSPS) is 15.4. The number of benzene rings is 1. The van der Waals surface area contributed by atoms with E-state index in [-0.39, 0.29) is 16.0 Å². The fraction of sp³-hybridized carbons (Fsp3) is 0.364. The molecule has 0 aliphatic carbocycles. The van der Waals surface area contributed by atoms with Crippen molar-refractivity contribution in [2.75, 3.05) is 6.61 Å². The monoisotopic (exact) mass is 386 g/mol. The van der Waals surface area contributed by atoms with Gasteiger partial charge in [-0.25, -0.2) is 0 Å². The SMILES string of the molecule is CCCCOc1ccc2c(c1)C(=Cc1c(Cl)c(=O)c1=O)C=C(C(C)(C)C)O2. The van der Waals surface area contributed by atoms with Crippen molar-refractivity contribution in [1.29, 1.82) is 0 Å². The van der Waals surface area contributed by atoms with E-state index in [0.29, 0.717) is 12.4 Å². The Morgan fingerprint density at radius 1 is 1.19 bits per heavy atom. The number of unbranched alkanes of at least 4 members (excludes halogenated alkanes) is 1. The van der Waals surface area contributed by atoms with E-state index in [1.165, 1.54) is 0 Å². The lowest BCUT2D eigenvalue weighted by Crippen LogP contribution is -2.34. The summed E-state index contributed by atoms with van der Waals surface area (Å²) in [4.78, 5) is 23.3. The zero-order chi connectivity index (χ0) is 19.8. The Morgan fingerprint density at radius 2 is 1.93 bits per heavy atom. The minimum atomic E-state index is -0.632. The van der Waals surface area contributed by atoms with Gasteiger partial charge in [-0.15, -0.1) is 0 Å². The van der Waals surface area contributed by atoms with Gasteiger partial charge in [-0.05, 0) is 42.3 Å². The molecule has 0 atom stereocenters. The Bertz CT molecular complexity index is 998. The predicted molar refractivity (Wildman–Crippen MR) is 109 cm³/mol. The molecule has 3 rings (SSSR count). The number of fused-ring (bicyclic) bond motifs is 1. The highest BCUT2D eigenvalue weighted by Crippen LogP contribution is 2.41. The average molecular weight is 387 g/mol. The van der Waals surface area contributed by atoms with Gasteiger partial charge in [0.05, 0.1) is 6.61 Å². The number of allylic oxidation sites excluding steroid dienone is 3. The summed E-state index contributed by atoms with van der Waals surface area (Å²) >= 11 is 5.94. The molecule has 1 aliphatic heterocycles. The van der Waals surface area contributed by atoms with E-state index < -0.39 is 10.9 Å². The van der Waals surface area contributed by atoms with Gasteiger partial charge in [0, 0.05) is 16.5 Å². The lowest BCUT2D eigenvalue weighted by atomic mass is 9.88. The molecular weight excluding hydrogens is 364 g/mol. The van der Waals surface area contributed by atoms with E-state index in [1.54, 1.807) is 6.08 Å². The molecule has 27 heavy (non-hydrogen) atoms. The molecular formula is C22H23ClO4. The van der Waals surface area contributed by atoms with Gasteiger partial charge in [-0.1, -0.05) is 45.7 Å². The van der Waals surface area contributed by atoms with Gasteiger partial charge in [0.2, 0.25) is 10.9 Å². The van der Waals surface area contributed by atoms with Crippen LogP contribution in [0, 0.1) is 5.41 Å². The summed E-state index contributed by atoms with van der Waals surface area (Å²) in [6.07, 6.45) is 5.59. The second kappa shape index (κ2) is 7.35. The van der Waals surface area contributed by atoms with Gasteiger partial charge in [-0.2, -0.15) is 0 Å². The Balaban J connectivity index is 2.07. The largest absolute Gasteiger partial charge is 0.494 e. The minimum absolute atomic E-state index is 0.0124. The Labute approximate surface area is 163 Å². The van der Waals surface area contributed by atoms with Crippen LogP contribution in [0.3, 0.4) is 0 Å². The van der Waals surface area contributed by atoms with Crippen LogP contribution >= 0.6 is 11.6 Å². The third-order valence-electron chi connectivity index (χ3n) is 4.46. The number of rotatable bonds is 5. The first-order valence-corrected chi connectivity index (χ1v) is 9.48. The third-order valence-corrected chi connectivity index (χ3v) is 4.84. The maximum absolute atomic E-state index is 11.9. The van der Waals surface area contributed by atoms with E-state index in [9.17, 15) is 9.59 Å². The Hall–Kier alpha value is -2.33. The van der Waals surface area contributed by atoms with Crippen molar-refractivity contribution in [3.63, 3.8) is 0 Å². The van der Waals surface area contributed by atoms with Crippen LogP contribution in [-0.2, 0) is 0 Å². The van der Waals surface area contributed by atoms with E-state index in [2.05, 4.69) is 6.92 Å². The zero-order valence-corrected chi connectivity index (χ0v) is 16.8. The van der Waals surface area contributed by atoms with Crippen molar-refractivity contribution < 1.29 is 9.47 Å². The van der Waals surface area contributed by atoms with Crippen molar-refractivity contribution in [2.45, 2.75) is 40.5 Å². The number of halogens is 1. The predicted octanol–water partition coefficient (Wildman–Crippen LogP) is 4.98. The summed E-state index contributed by atoms with van der Waals surface area (Å²) in [6.45, 7) is 8.90. The summed E-state index contributed by atoms with van der Waals surface area (Å²) in [5, 5.41) is -0.0124. The fourth-order valence-corrected chi connectivity index (χ4v) is 3.00. The van der Waals surface area contributed by atoms with E-state index in [4.69, 9.17) is 21.1 Å². The lowest BCUT2D eigenvalue weighted by molar-refractivity contribution is 0.288. The van der Waals surface area contributed by atoms with Crippen LogP contribution in [0.5, 0.6) is 11.5 Å². The summed E-state index contributed by atoms with van der Waals surface area (Å²) in [5.74, 6) is 2.20. The van der Waals surface area contributed by atoms with Crippen LogP contribution < -0.4 is 20.3 Å². The van der Waals surface area contributed by atoms with Crippen molar-refractivity contribution in [1.82, 2.24) is 0 Å². The van der Waals surface area contributed by atoms with E-state index >= 15 is 0 Å². The maximum atomic E-state index is 11.9. The number of hydrogen-bond donors (Lipinski definition) is 0. The molecule has 0 saturated heterocycles. The first kappa shape index (κ1) is 19.4. The molecule has 0 radical (unpaired) electrons. The Morgan fingerprint density at radius 3 is 2.56 bits per heavy atom. The molecule has 142 valence electrons. The lowest BCUT2D eigenvalue weighted by Gasteiger charge is -2.29. The number of ether oxygens (including phenoxy) is 2. The van der Waals surface area contributed by atoms with Crippen LogP contribution in [-0.4, -0.2) is 6.61 Å². The van der Waals surface area contributed by atoms with Crippen LogP contribution in [0.1, 0.15) is 51.7 Å². The van der Waals surface area contributed by atoms with Crippen molar-refractivity contribution >= 4 is 23.3 Å². The van der Waals surface area contributed by atoms with Gasteiger partial charge in [0.1, 0.15) is 22.3 Å². The molecule has 0 bridgehead atoms. The molecule has 0 fully saturated rings. The minimum Gasteiger partial charge on any atom is -0.494 e. The molecule has 0 aromatic heterocycles. The molecule has 5 heteroatoms. The van der Waals surface area contributed by atoms with Gasteiger partial charge in [0.25, 0.3) is 0 Å². The molecule has 1 heterocycles. The standard InChI is InChI=1S/C22H23ClO4/c1-5-6-9-26-14-7-8-17-15(12-14)13(11-18(27-17)22(2,3)4)10-16-19(23)21(25)20(16)24/h7-8,10-12H,5-6,9H2,1-4H3. The first-order chi connectivity index (χ1) is 12.7. The second-order valence-corrected chi connectivity index (χ2v) is 8.08. The van der Waals surface area contributed by atoms with Crippen molar-refractivity contribution in [2.24, 2.45) is 5.41 Å². The smallest absolute Gasteiger partial charge is 0.245 e. The summed E-state index contributed by atoms with van der Waals surface area (Å²) < 4.78 is 11.9. The molecule has 0 spiro atoms. The van der Waals surface area contributed by atoms with Gasteiger partial charge in [-0.3, -0.25) is 9.59 Å². The molecule has 1 aliphatic rings. The number of hydrogen-bond acceptors (Lipinski definition) is 4. The second-order valence-electron chi connectivity index (χ2n) is 7.71. The van der Waals surface area contributed by atoms with E-state index in [1.807, 2.05) is 45.0 Å². The van der Waals surface area contributed by atoms with E-state index in [0.717, 1.165) is 35.5 Å². The van der Waals surface area contributed by atoms with Crippen LogP contribution in [0.15, 0.2) is 39.6 Å². The molecule has 0 amide bonds. The van der Waals surface area contributed by atoms with Crippen LogP contribution in [0.2, 0.25) is 5.02 Å². The average Bonchev–Trinajstić information content (AvgIpc) is 2.64. The Kier molecular flexibility index (Phi) is 5.29. The molecule has 0 saturated carbocycles. The third kappa shape index (κ3) is 3.86. The molecule has 0 N–H and O–H groups in total. The van der Waals surface area contributed by atoms with Crippen molar-refractivity contribution in [3.05, 3.63) is 66.6 Å². The molecule has 0 unspecified atom stereocenters. The van der Waals surface area contributed by atoms with Crippen LogP contribution in [0.4, 0.5) is 0 Å². The highest BCUT2D eigenvalue weighted by Gasteiger charge is 2.27. The van der Waals surface area contributed by atoms with Gasteiger partial charge < -0.3 is 9.47 Å².